The minimum absolute atomic E-state index is 0.0456. The number of carbonyl (C=O) groups excluding carboxylic acids is 1. The lowest BCUT2D eigenvalue weighted by Gasteiger charge is -2.45. The van der Waals surface area contributed by atoms with Gasteiger partial charge in [0.1, 0.15) is 5.41 Å². The van der Waals surface area contributed by atoms with Gasteiger partial charge in [-0.05, 0) is 42.9 Å². The van der Waals surface area contributed by atoms with Crippen molar-refractivity contribution in [1.29, 1.82) is 0 Å². The SMILES string of the molecule is CC[C@H]1CN[C@H]2C[C@@]3(C(=O)N(OC)c4ccccc43)[C@H]3C[C@@H]1[C@@H]2CO3. The molecule has 6 rings (SSSR count). The van der Waals surface area contributed by atoms with E-state index in [9.17, 15) is 4.79 Å². The fourth-order valence-electron chi connectivity index (χ4n) is 6.02. The molecule has 3 saturated heterocycles. The summed E-state index contributed by atoms with van der Waals surface area (Å²) in [7, 11) is 1.58. The molecule has 5 heteroatoms. The highest BCUT2D eigenvalue weighted by Crippen LogP contribution is 2.56. The molecule has 1 spiro atoms. The lowest BCUT2D eigenvalue weighted by atomic mass is 9.71. The summed E-state index contributed by atoms with van der Waals surface area (Å²) < 4.78 is 6.35. The Morgan fingerprint density at radius 3 is 3.00 bits per heavy atom. The van der Waals surface area contributed by atoms with E-state index in [4.69, 9.17) is 9.57 Å². The van der Waals surface area contributed by atoms with Crippen LogP contribution >= 0.6 is 0 Å². The maximum absolute atomic E-state index is 13.5. The molecule has 1 N–H and O–H groups in total. The topological polar surface area (TPSA) is 50.8 Å². The van der Waals surface area contributed by atoms with Gasteiger partial charge in [-0.2, -0.15) is 5.06 Å². The van der Waals surface area contributed by atoms with Crippen molar-refractivity contribution in [1.82, 2.24) is 5.32 Å². The third kappa shape index (κ3) is 1.92. The van der Waals surface area contributed by atoms with E-state index in [1.807, 2.05) is 18.2 Å². The number of fused-ring (bicyclic) bond motifs is 2. The van der Waals surface area contributed by atoms with Crippen LogP contribution in [0.2, 0.25) is 0 Å². The molecule has 5 aliphatic rings. The minimum atomic E-state index is -0.615. The largest absolute Gasteiger partial charge is 0.376 e. The van der Waals surface area contributed by atoms with Crippen LogP contribution in [0.4, 0.5) is 5.69 Å². The highest BCUT2D eigenvalue weighted by molar-refractivity contribution is 6.07. The van der Waals surface area contributed by atoms with E-state index in [-0.39, 0.29) is 12.0 Å². The lowest BCUT2D eigenvalue weighted by molar-refractivity contribution is -0.139. The van der Waals surface area contributed by atoms with E-state index in [2.05, 4.69) is 18.3 Å². The third-order valence-corrected chi connectivity index (χ3v) is 7.26. The predicted octanol–water partition coefficient (Wildman–Crippen LogP) is 2.26. The average Bonchev–Trinajstić information content (AvgIpc) is 2.74. The van der Waals surface area contributed by atoms with Gasteiger partial charge in [0.05, 0.1) is 25.5 Å². The molecule has 134 valence electrons. The third-order valence-electron chi connectivity index (χ3n) is 7.26. The zero-order valence-corrected chi connectivity index (χ0v) is 14.9. The van der Waals surface area contributed by atoms with E-state index in [0.29, 0.717) is 23.8 Å². The molecule has 1 amide bonds. The molecule has 1 saturated carbocycles. The summed E-state index contributed by atoms with van der Waals surface area (Å²) in [5, 5.41) is 5.25. The standard InChI is InChI=1S/C20H26N2O3/c1-3-12-10-21-16-9-20(18-8-13(12)14(16)11-25-18)15-6-4-5-7-17(15)22(24-2)19(20)23/h4-7,12-14,16,18,21H,3,8-11H2,1-2H3/t12-,13-,14-,16-,18+,20-/m0/s1. The van der Waals surface area contributed by atoms with Crippen LogP contribution in [0, 0.1) is 17.8 Å². The molecule has 1 aromatic rings. The van der Waals surface area contributed by atoms with Gasteiger partial charge in [-0.1, -0.05) is 31.5 Å². The van der Waals surface area contributed by atoms with Gasteiger partial charge < -0.3 is 10.1 Å². The van der Waals surface area contributed by atoms with Gasteiger partial charge in [0.15, 0.2) is 0 Å². The minimum Gasteiger partial charge on any atom is -0.376 e. The van der Waals surface area contributed by atoms with Crippen molar-refractivity contribution in [3.8, 4) is 0 Å². The first kappa shape index (κ1) is 15.8. The molecule has 4 bridgehead atoms. The molecular formula is C20H26N2O3. The molecule has 0 unspecified atom stereocenters. The maximum Gasteiger partial charge on any atom is 0.264 e. The van der Waals surface area contributed by atoms with Crippen LogP contribution in [-0.4, -0.2) is 38.3 Å². The first-order chi connectivity index (χ1) is 12.2. The Bertz CT molecular complexity index is 708. The number of carbonyl (C=O) groups is 1. The van der Waals surface area contributed by atoms with Gasteiger partial charge in [0, 0.05) is 12.0 Å². The summed E-state index contributed by atoms with van der Waals surface area (Å²) in [6.45, 7) is 4.12. The normalized spacial score (nSPS) is 41.9. The monoisotopic (exact) mass is 342 g/mol. The molecule has 4 fully saturated rings. The summed E-state index contributed by atoms with van der Waals surface area (Å²) in [4.78, 5) is 19.0. The summed E-state index contributed by atoms with van der Waals surface area (Å²) in [5.74, 6) is 1.91. The summed E-state index contributed by atoms with van der Waals surface area (Å²) in [6, 6.07) is 8.41. The first-order valence-corrected chi connectivity index (χ1v) is 9.53. The number of amides is 1. The molecule has 1 aliphatic carbocycles. The Hall–Kier alpha value is -1.43. The first-order valence-electron chi connectivity index (χ1n) is 9.53. The van der Waals surface area contributed by atoms with E-state index < -0.39 is 5.41 Å². The number of ether oxygens (including phenoxy) is 1. The van der Waals surface area contributed by atoms with Crippen molar-refractivity contribution >= 4 is 11.6 Å². The van der Waals surface area contributed by atoms with Gasteiger partial charge in [-0.25, -0.2) is 0 Å². The van der Waals surface area contributed by atoms with Crippen LogP contribution < -0.4 is 10.4 Å². The Labute approximate surface area is 148 Å². The van der Waals surface area contributed by atoms with Crippen molar-refractivity contribution in [3.05, 3.63) is 29.8 Å². The van der Waals surface area contributed by atoms with Crippen molar-refractivity contribution in [2.75, 3.05) is 25.3 Å². The van der Waals surface area contributed by atoms with Crippen LogP contribution in [-0.2, 0) is 19.8 Å². The molecule has 5 nitrogen and oxygen atoms in total. The number of anilines is 1. The molecule has 4 aliphatic heterocycles. The van der Waals surface area contributed by atoms with E-state index >= 15 is 0 Å². The molecule has 4 heterocycles. The molecule has 6 atom stereocenters. The second-order valence-corrected chi connectivity index (χ2v) is 8.04. The predicted molar refractivity (Wildman–Crippen MR) is 94.1 cm³/mol. The summed E-state index contributed by atoms with van der Waals surface area (Å²) in [6.07, 6.45) is 2.93. The van der Waals surface area contributed by atoms with Crippen LogP contribution in [0.5, 0.6) is 0 Å². The van der Waals surface area contributed by atoms with Gasteiger partial charge in [-0.3, -0.25) is 9.63 Å². The number of rotatable bonds is 2. The van der Waals surface area contributed by atoms with Gasteiger partial charge in [0.25, 0.3) is 5.91 Å². The van der Waals surface area contributed by atoms with Crippen molar-refractivity contribution in [3.63, 3.8) is 0 Å². The summed E-state index contributed by atoms with van der Waals surface area (Å²) in [5.41, 5.74) is 1.34. The smallest absolute Gasteiger partial charge is 0.264 e. The number of piperidine rings is 1. The number of nitrogens with zero attached hydrogens (tertiary/aromatic N) is 1. The number of hydroxylamine groups is 1. The van der Waals surface area contributed by atoms with Crippen LogP contribution in [0.1, 0.15) is 31.7 Å². The van der Waals surface area contributed by atoms with Crippen molar-refractivity contribution in [2.24, 2.45) is 17.8 Å². The van der Waals surface area contributed by atoms with Crippen molar-refractivity contribution in [2.45, 2.75) is 43.7 Å². The van der Waals surface area contributed by atoms with Gasteiger partial charge in [0.2, 0.25) is 0 Å². The zero-order chi connectivity index (χ0) is 17.2. The van der Waals surface area contributed by atoms with E-state index in [1.165, 1.54) is 11.5 Å². The highest BCUT2D eigenvalue weighted by atomic mass is 16.7. The Morgan fingerprint density at radius 1 is 1.36 bits per heavy atom. The average molecular weight is 342 g/mol. The maximum atomic E-state index is 13.5. The Balaban J connectivity index is 1.66. The number of nitrogens with one attached hydrogen (secondary N) is 1. The number of para-hydroxylation sites is 1. The van der Waals surface area contributed by atoms with Crippen LogP contribution in [0.25, 0.3) is 0 Å². The number of hydrogen-bond acceptors (Lipinski definition) is 4. The Morgan fingerprint density at radius 2 is 2.20 bits per heavy atom. The second kappa shape index (κ2) is 5.53. The molecule has 1 aromatic carbocycles. The molecule has 0 radical (unpaired) electrons. The quantitative estimate of drug-likeness (QED) is 0.896. The number of benzene rings is 1. The lowest BCUT2D eigenvalue weighted by Crippen LogP contribution is -2.52. The van der Waals surface area contributed by atoms with Gasteiger partial charge >= 0.3 is 0 Å². The summed E-state index contributed by atoms with van der Waals surface area (Å²) >= 11 is 0. The fraction of sp³-hybridized carbons (Fsp3) is 0.650. The van der Waals surface area contributed by atoms with E-state index in [0.717, 1.165) is 37.2 Å². The van der Waals surface area contributed by atoms with Crippen LogP contribution in [0.15, 0.2) is 24.3 Å². The second-order valence-electron chi connectivity index (χ2n) is 8.04. The van der Waals surface area contributed by atoms with Crippen molar-refractivity contribution < 1.29 is 14.4 Å². The fourth-order valence-corrected chi connectivity index (χ4v) is 6.02. The molecular weight excluding hydrogens is 316 g/mol. The van der Waals surface area contributed by atoms with E-state index in [1.54, 1.807) is 7.11 Å². The molecule has 25 heavy (non-hydrogen) atoms. The number of hydrogen-bond donors (Lipinski definition) is 1. The Kier molecular flexibility index (Phi) is 3.50. The van der Waals surface area contributed by atoms with Crippen LogP contribution in [0.3, 0.4) is 0 Å². The zero-order valence-electron chi connectivity index (χ0n) is 14.9. The van der Waals surface area contributed by atoms with Gasteiger partial charge in [-0.15, -0.1) is 0 Å². The highest BCUT2D eigenvalue weighted by Gasteiger charge is 2.63. The molecule has 0 aromatic heterocycles.